The third kappa shape index (κ3) is 7.77. The predicted molar refractivity (Wildman–Crippen MR) is 360 cm³/mol. The number of para-hydroxylation sites is 5. The zero-order valence-corrected chi connectivity index (χ0v) is 51.6. The quantitative estimate of drug-likeness (QED) is 0.128. The van der Waals surface area contributed by atoms with Gasteiger partial charge in [-0.3, -0.25) is 0 Å². The van der Waals surface area contributed by atoms with E-state index in [0.717, 1.165) is 62.2 Å². The summed E-state index contributed by atoms with van der Waals surface area (Å²) in [5.74, 6) is 4.83. The van der Waals surface area contributed by atoms with Gasteiger partial charge >= 0.3 is 0 Å². The van der Waals surface area contributed by atoms with Crippen LogP contribution in [0.5, 0.6) is 11.5 Å². The summed E-state index contributed by atoms with van der Waals surface area (Å²) in [6.45, 7) is 2.20. The van der Waals surface area contributed by atoms with E-state index in [-0.39, 0.29) is 26.5 Å². The molecule has 4 bridgehead atoms. The molecule has 0 N–H and O–H groups in total. The van der Waals surface area contributed by atoms with Crippen LogP contribution in [0, 0.1) is 42.5 Å². The molecule has 0 unspecified atom stereocenters. The van der Waals surface area contributed by atoms with Gasteiger partial charge in [-0.05, 0) is 172 Å². The average Bonchev–Trinajstić information content (AvgIpc) is 1.32. The zero-order chi connectivity index (χ0) is 58.4. The van der Waals surface area contributed by atoms with Gasteiger partial charge in [0.1, 0.15) is 5.82 Å². The van der Waals surface area contributed by atoms with E-state index >= 15 is 0 Å². The van der Waals surface area contributed by atoms with Crippen molar-refractivity contribution in [2.45, 2.75) is 42.9 Å². The minimum Gasteiger partial charge on any atom is -0.509 e. The number of hydrogen-bond acceptors (Lipinski definition) is 4. The van der Waals surface area contributed by atoms with Crippen molar-refractivity contribution in [1.82, 2.24) is 14.1 Å². The number of fused-ring (bicyclic) bond motifs is 10. The zero-order valence-electron chi connectivity index (χ0n) is 49.4. The molecule has 0 spiro atoms. The number of nitrogens with zero attached hydrogens (tertiary/aromatic N) is 5. The monoisotopic (exact) mass is 1340 g/mol. The molecule has 3 aromatic heterocycles. The summed E-state index contributed by atoms with van der Waals surface area (Å²) in [4.78, 5) is 9.83. The first-order valence-electron chi connectivity index (χ1n) is 31.7. The van der Waals surface area contributed by atoms with Crippen molar-refractivity contribution in [3.05, 3.63) is 325 Å². The molecular weight excluding hydrogens is 1280 g/mol. The molecule has 14 aromatic rings. The van der Waals surface area contributed by atoms with E-state index in [1.807, 2.05) is 12.1 Å². The van der Waals surface area contributed by atoms with Crippen molar-refractivity contribution in [2.24, 2.45) is 23.7 Å². The van der Waals surface area contributed by atoms with E-state index < -0.39 is 5.41 Å². The van der Waals surface area contributed by atoms with Crippen LogP contribution in [0.25, 0.3) is 66.2 Å². The molecule has 4 heterocycles. The molecular formula is C83H60N5OPt-3. The van der Waals surface area contributed by atoms with Crippen molar-refractivity contribution < 1.29 is 25.8 Å². The Morgan fingerprint density at radius 3 is 1.67 bits per heavy atom. The van der Waals surface area contributed by atoms with E-state index in [0.29, 0.717) is 23.3 Å². The summed E-state index contributed by atoms with van der Waals surface area (Å²) >= 11 is 0. The molecule has 6 aliphatic rings. The minimum atomic E-state index is -0.514. The molecule has 436 valence electrons. The molecule has 0 saturated heterocycles. The van der Waals surface area contributed by atoms with E-state index in [4.69, 9.17) is 9.72 Å². The van der Waals surface area contributed by atoms with Crippen LogP contribution in [-0.2, 0) is 31.9 Å². The second-order valence-corrected chi connectivity index (χ2v) is 25.5. The summed E-state index contributed by atoms with van der Waals surface area (Å²) in [6.07, 6.45) is 8.57. The third-order valence-corrected chi connectivity index (χ3v) is 21.2. The Kier molecular flexibility index (Phi) is 12.2. The van der Waals surface area contributed by atoms with Gasteiger partial charge in [0.05, 0.1) is 16.4 Å². The molecule has 6 nitrogen and oxygen atoms in total. The van der Waals surface area contributed by atoms with Gasteiger partial charge in [-0.2, -0.15) is 12.1 Å². The van der Waals surface area contributed by atoms with Gasteiger partial charge in [0.15, 0.2) is 0 Å². The molecule has 4 fully saturated rings. The number of anilines is 4. The molecule has 20 rings (SSSR count). The second kappa shape index (κ2) is 20.7. The van der Waals surface area contributed by atoms with Crippen LogP contribution in [0.15, 0.2) is 273 Å². The van der Waals surface area contributed by atoms with Crippen LogP contribution in [0.1, 0.15) is 65.5 Å². The van der Waals surface area contributed by atoms with Gasteiger partial charge in [0.25, 0.3) is 0 Å². The van der Waals surface area contributed by atoms with Gasteiger partial charge in [0, 0.05) is 83.2 Å². The SMILES string of the molecule is [Pt].[c-]1c(Oc2[c-]c3c(cc2)c2ccccc2n3-c2cc(C3(c4ccc(-n5c6ccccc6c6ccccc65)cc4)C4CC5CC(C4)CC3C5)ccn2)cccc1N1[CH-]N(c2ccc3c(c2)C(c2ccccc2)(c2ccccc2)c2ccccc2-3)c2ccccc21. The maximum Gasteiger partial charge on any atom is 0.135 e. The fraction of sp³-hybridized carbons (Fsp3) is 0.133. The summed E-state index contributed by atoms with van der Waals surface area (Å²) in [7, 11) is 0. The number of aromatic nitrogens is 3. The largest absolute Gasteiger partial charge is 0.509 e. The Bertz CT molecular complexity index is 5020. The maximum absolute atomic E-state index is 6.90. The molecule has 7 heteroatoms. The fourth-order valence-electron chi connectivity index (χ4n) is 17.9. The molecule has 1 aliphatic heterocycles. The van der Waals surface area contributed by atoms with Crippen molar-refractivity contribution >= 4 is 66.4 Å². The summed E-state index contributed by atoms with van der Waals surface area (Å²) < 4.78 is 11.7. The second-order valence-electron chi connectivity index (χ2n) is 25.5. The van der Waals surface area contributed by atoms with Crippen LogP contribution < -0.4 is 14.5 Å². The van der Waals surface area contributed by atoms with Crippen molar-refractivity contribution in [3.63, 3.8) is 0 Å². The standard InChI is InChI=1S/C83H60N5O.Pt/c1-3-18-56(19-4-1)83(57-20-5-2-6-21-57)73-28-11-7-24-67(73)68-40-38-64(51-74(68)83)86-53-85(78-32-15-16-33-79(78)86)63-22-17-23-65(50-63)89-66-39-41-72-71-27-10-14-31-77(71)88(80(72)52-66)81-49-59(42-43-84-81)82(60-45-54-44-55(47-60)48-61(82)46-54)58-34-36-62(37-35-58)87-75-29-12-8-25-69(75)70-26-9-13-30-76(70)87;/h1-43,49,51,53-55,60-61H,44-48H2;/q-3;. The molecule has 4 saturated carbocycles. The number of pyridine rings is 1. The first-order valence-corrected chi connectivity index (χ1v) is 31.7. The van der Waals surface area contributed by atoms with E-state index in [1.165, 1.54) is 104 Å². The van der Waals surface area contributed by atoms with Gasteiger partial charge in [-0.1, -0.05) is 175 Å². The summed E-state index contributed by atoms with van der Waals surface area (Å²) in [6, 6.07) is 105. The first-order chi connectivity index (χ1) is 44.1. The topological polar surface area (TPSA) is 38.5 Å². The van der Waals surface area contributed by atoms with Crippen LogP contribution >= 0.6 is 0 Å². The number of benzene rings is 11. The number of ether oxygens (including phenoxy) is 1. The van der Waals surface area contributed by atoms with Crippen LogP contribution in [0.4, 0.5) is 22.7 Å². The van der Waals surface area contributed by atoms with Gasteiger partial charge in [-0.15, -0.1) is 48.1 Å². The molecule has 0 amide bonds. The first kappa shape index (κ1) is 53.3. The van der Waals surface area contributed by atoms with Crippen molar-refractivity contribution in [3.8, 4) is 34.1 Å². The summed E-state index contributed by atoms with van der Waals surface area (Å²) in [5.41, 5.74) is 19.5. The Morgan fingerprint density at radius 1 is 0.411 bits per heavy atom. The third-order valence-electron chi connectivity index (χ3n) is 21.2. The van der Waals surface area contributed by atoms with Crippen LogP contribution in [-0.4, -0.2) is 14.1 Å². The summed E-state index contributed by atoms with van der Waals surface area (Å²) in [5, 5.41) is 4.83. The molecule has 0 radical (unpaired) electrons. The Morgan fingerprint density at radius 2 is 0.978 bits per heavy atom. The normalized spacial score (nSPS) is 20.0. The van der Waals surface area contributed by atoms with Gasteiger partial charge in [0.2, 0.25) is 0 Å². The van der Waals surface area contributed by atoms with Crippen LogP contribution in [0.2, 0.25) is 0 Å². The van der Waals surface area contributed by atoms with E-state index in [9.17, 15) is 0 Å². The van der Waals surface area contributed by atoms with Crippen molar-refractivity contribution in [2.75, 3.05) is 9.80 Å². The van der Waals surface area contributed by atoms with E-state index in [1.54, 1.807) is 0 Å². The van der Waals surface area contributed by atoms with Gasteiger partial charge in [-0.25, -0.2) is 4.98 Å². The molecule has 90 heavy (non-hydrogen) atoms. The smallest absolute Gasteiger partial charge is 0.135 e. The Labute approximate surface area is 538 Å². The Hall–Kier alpha value is -9.74. The number of rotatable bonds is 10. The molecule has 0 atom stereocenters. The Balaban J connectivity index is 0.00000603. The maximum atomic E-state index is 6.90. The average molecular weight is 1340 g/mol. The van der Waals surface area contributed by atoms with E-state index in [2.05, 4.69) is 299 Å². The predicted octanol–water partition coefficient (Wildman–Crippen LogP) is 20.2. The minimum absolute atomic E-state index is 0. The molecule has 5 aliphatic carbocycles. The van der Waals surface area contributed by atoms with Crippen LogP contribution in [0.3, 0.4) is 0 Å². The number of hydrogen-bond donors (Lipinski definition) is 0. The van der Waals surface area contributed by atoms with Crippen molar-refractivity contribution in [1.29, 1.82) is 0 Å². The van der Waals surface area contributed by atoms with Gasteiger partial charge < -0.3 is 23.7 Å². The fourth-order valence-corrected chi connectivity index (χ4v) is 17.9. The molecule has 11 aromatic carbocycles.